The highest BCUT2D eigenvalue weighted by atomic mass is 35.5. The second-order valence-corrected chi connectivity index (χ2v) is 4.99. The quantitative estimate of drug-likeness (QED) is 0.864. The van der Waals surface area contributed by atoms with Crippen LogP contribution in [0.4, 0.5) is 4.39 Å². The van der Waals surface area contributed by atoms with Crippen molar-refractivity contribution >= 4 is 23.2 Å². The van der Waals surface area contributed by atoms with E-state index in [-0.39, 0.29) is 5.82 Å². The molecule has 4 heteroatoms. The van der Waals surface area contributed by atoms with Crippen LogP contribution in [0.5, 0.6) is 0 Å². The van der Waals surface area contributed by atoms with Gasteiger partial charge in [-0.3, -0.25) is 0 Å². The van der Waals surface area contributed by atoms with Crippen LogP contribution < -0.4 is 5.73 Å². The van der Waals surface area contributed by atoms with Gasteiger partial charge in [-0.2, -0.15) is 0 Å². The van der Waals surface area contributed by atoms with Crippen LogP contribution >= 0.6 is 23.2 Å². The Morgan fingerprint density at radius 2 is 1.78 bits per heavy atom. The van der Waals surface area contributed by atoms with Crippen LogP contribution in [-0.4, -0.2) is 0 Å². The maximum Gasteiger partial charge on any atom is 0.123 e. The zero-order valence-electron chi connectivity index (χ0n) is 9.75. The number of rotatable bonds is 2. The molecule has 2 aromatic carbocycles. The highest BCUT2D eigenvalue weighted by molar-refractivity contribution is 6.31. The van der Waals surface area contributed by atoms with Gasteiger partial charge in [0.1, 0.15) is 5.82 Å². The Labute approximate surface area is 115 Å². The van der Waals surface area contributed by atoms with Gasteiger partial charge in [-0.05, 0) is 53.9 Å². The summed E-state index contributed by atoms with van der Waals surface area (Å²) in [5.74, 6) is -0.350. The van der Waals surface area contributed by atoms with Crippen LogP contribution in [0.25, 0.3) is 0 Å². The molecule has 1 nitrogen and oxygen atoms in total. The molecule has 2 N–H and O–H groups in total. The molecule has 0 saturated heterocycles. The fourth-order valence-corrected chi connectivity index (χ4v) is 2.37. The maximum atomic E-state index is 13.3. The minimum absolute atomic E-state index is 0.350. The molecule has 0 aromatic heterocycles. The third-order valence-corrected chi connectivity index (χ3v) is 3.44. The largest absolute Gasteiger partial charge is 0.320 e. The molecule has 2 rings (SSSR count). The fraction of sp³-hybridized carbons (Fsp3) is 0.143. The van der Waals surface area contributed by atoms with E-state index in [1.165, 1.54) is 18.2 Å². The van der Waals surface area contributed by atoms with Crippen LogP contribution in [0.3, 0.4) is 0 Å². The molecule has 0 bridgehead atoms. The molecule has 1 atom stereocenters. The van der Waals surface area contributed by atoms with Gasteiger partial charge in [0.2, 0.25) is 0 Å². The lowest BCUT2D eigenvalue weighted by atomic mass is 9.96. The predicted molar refractivity (Wildman–Crippen MR) is 73.6 cm³/mol. The second-order valence-electron chi connectivity index (χ2n) is 4.14. The Kier molecular flexibility index (Phi) is 3.91. The summed E-state index contributed by atoms with van der Waals surface area (Å²) in [4.78, 5) is 0. The van der Waals surface area contributed by atoms with Gasteiger partial charge >= 0.3 is 0 Å². The smallest absolute Gasteiger partial charge is 0.123 e. The number of benzene rings is 2. The van der Waals surface area contributed by atoms with Crippen molar-refractivity contribution in [3.63, 3.8) is 0 Å². The molecule has 2 aromatic rings. The van der Waals surface area contributed by atoms with E-state index in [9.17, 15) is 4.39 Å². The highest BCUT2D eigenvalue weighted by Gasteiger charge is 2.15. The van der Waals surface area contributed by atoms with Gasteiger partial charge in [0.05, 0.1) is 6.04 Å². The minimum atomic E-state index is -0.467. The van der Waals surface area contributed by atoms with Crippen LogP contribution in [0.1, 0.15) is 22.7 Å². The van der Waals surface area contributed by atoms with E-state index in [1.807, 2.05) is 19.1 Å². The van der Waals surface area contributed by atoms with Crippen LogP contribution in [-0.2, 0) is 0 Å². The van der Waals surface area contributed by atoms with E-state index < -0.39 is 6.04 Å². The third-order valence-electron chi connectivity index (χ3n) is 2.86. The maximum absolute atomic E-state index is 13.3. The Morgan fingerprint density at radius 3 is 2.44 bits per heavy atom. The molecule has 0 aliphatic carbocycles. The van der Waals surface area contributed by atoms with E-state index in [0.29, 0.717) is 15.6 Å². The van der Waals surface area contributed by atoms with Gasteiger partial charge in [-0.25, -0.2) is 4.39 Å². The van der Waals surface area contributed by atoms with E-state index in [1.54, 1.807) is 6.07 Å². The van der Waals surface area contributed by atoms with Gasteiger partial charge in [0.25, 0.3) is 0 Å². The van der Waals surface area contributed by atoms with Gasteiger partial charge in [0.15, 0.2) is 0 Å². The molecule has 0 saturated carbocycles. The summed E-state index contributed by atoms with van der Waals surface area (Å²) in [5.41, 5.74) is 8.55. The van der Waals surface area contributed by atoms with Crippen molar-refractivity contribution in [3.8, 4) is 0 Å². The van der Waals surface area contributed by atoms with Crippen LogP contribution in [0, 0.1) is 12.7 Å². The number of hydrogen-bond acceptors (Lipinski definition) is 1. The van der Waals surface area contributed by atoms with Crippen molar-refractivity contribution in [2.24, 2.45) is 5.73 Å². The molecule has 0 heterocycles. The number of halogens is 3. The molecule has 18 heavy (non-hydrogen) atoms. The average molecular weight is 284 g/mol. The lowest BCUT2D eigenvalue weighted by molar-refractivity contribution is 0.623. The summed E-state index contributed by atoms with van der Waals surface area (Å²) in [7, 11) is 0. The Hall–Kier alpha value is -1.09. The molecule has 94 valence electrons. The van der Waals surface area contributed by atoms with Gasteiger partial charge in [0, 0.05) is 10.0 Å². The monoisotopic (exact) mass is 283 g/mol. The van der Waals surface area contributed by atoms with Crippen LogP contribution in [0.15, 0.2) is 36.4 Å². The molecule has 0 spiro atoms. The van der Waals surface area contributed by atoms with Crippen molar-refractivity contribution in [1.29, 1.82) is 0 Å². The topological polar surface area (TPSA) is 26.0 Å². The molecular formula is C14H12Cl2FN. The molecule has 1 unspecified atom stereocenters. The molecule has 0 fully saturated rings. The summed E-state index contributed by atoms with van der Waals surface area (Å²) in [6, 6.07) is 9.14. The van der Waals surface area contributed by atoms with Gasteiger partial charge in [-0.15, -0.1) is 0 Å². The summed E-state index contributed by atoms with van der Waals surface area (Å²) in [6.45, 7) is 1.91. The molecule has 0 aliphatic heterocycles. The molecule has 0 radical (unpaired) electrons. The zero-order valence-corrected chi connectivity index (χ0v) is 11.3. The van der Waals surface area contributed by atoms with Crippen molar-refractivity contribution < 1.29 is 4.39 Å². The van der Waals surface area contributed by atoms with E-state index in [2.05, 4.69) is 0 Å². The van der Waals surface area contributed by atoms with Gasteiger partial charge in [-0.1, -0.05) is 29.3 Å². The molecular weight excluding hydrogens is 272 g/mol. The van der Waals surface area contributed by atoms with Crippen LogP contribution in [0.2, 0.25) is 10.0 Å². The number of nitrogens with two attached hydrogens (primary N) is 1. The first kappa shape index (κ1) is 13.3. The first-order valence-electron chi connectivity index (χ1n) is 5.45. The minimum Gasteiger partial charge on any atom is -0.320 e. The lowest BCUT2D eigenvalue weighted by Crippen LogP contribution is -2.14. The normalized spacial score (nSPS) is 12.5. The van der Waals surface area contributed by atoms with E-state index in [4.69, 9.17) is 28.9 Å². The predicted octanol–water partition coefficient (Wildman–Crippen LogP) is 4.49. The van der Waals surface area contributed by atoms with Crippen molar-refractivity contribution in [2.45, 2.75) is 13.0 Å². The summed E-state index contributed by atoms with van der Waals surface area (Å²) in [6.07, 6.45) is 0. The van der Waals surface area contributed by atoms with E-state index >= 15 is 0 Å². The number of hydrogen-bond donors (Lipinski definition) is 1. The number of aryl methyl sites for hydroxylation is 1. The van der Waals surface area contributed by atoms with E-state index in [0.717, 1.165) is 11.1 Å². The van der Waals surface area contributed by atoms with Gasteiger partial charge < -0.3 is 5.73 Å². The first-order chi connectivity index (χ1) is 8.49. The first-order valence-corrected chi connectivity index (χ1v) is 6.21. The van der Waals surface area contributed by atoms with Crippen molar-refractivity contribution in [3.05, 3.63) is 69.0 Å². The third kappa shape index (κ3) is 2.66. The summed E-state index contributed by atoms with van der Waals surface area (Å²) >= 11 is 11.9. The van der Waals surface area contributed by atoms with Crippen molar-refractivity contribution in [2.75, 3.05) is 0 Å². The Balaban J connectivity index is 2.47. The Bertz CT molecular complexity index is 584. The second kappa shape index (κ2) is 5.27. The zero-order chi connectivity index (χ0) is 13.3. The fourth-order valence-electron chi connectivity index (χ4n) is 1.91. The average Bonchev–Trinajstić information content (AvgIpc) is 2.31. The summed E-state index contributed by atoms with van der Waals surface area (Å²) in [5, 5.41) is 1.10. The molecule has 0 amide bonds. The standard InChI is InChI=1S/C14H12Cl2FN/c1-8-6-9(15)2-4-11(8)14(18)12-7-10(17)3-5-13(12)16/h2-7,14H,18H2,1H3. The Morgan fingerprint density at radius 1 is 1.06 bits per heavy atom. The SMILES string of the molecule is Cc1cc(Cl)ccc1C(N)c1cc(F)ccc1Cl. The molecule has 0 aliphatic rings. The lowest BCUT2D eigenvalue weighted by Gasteiger charge is -2.17. The summed E-state index contributed by atoms with van der Waals surface area (Å²) < 4.78 is 13.3. The highest BCUT2D eigenvalue weighted by Crippen LogP contribution is 2.29. The van der Waals surface area contributed by atoms with Crippen molar-refractivity contribution in [1.82, 2.24) is 0 Å².